The summed E-state index contributed by atoms with van der Waals surface area (Å²) in [6.07, 6.45) is -3.35. The molecule has 0 radical (unpaired) electrons. The first-order valence-corrected chi connectivity index (χ1v) is 7.29. The van der Waals surface area contributed by atoms with E-state index in [0.29, 0.717) is 10.4 Å². The van der Waals surface area contributed by atoms with Crippen LogP contribution in [0, 0.1) is 11.0 Å². The normalized spacial score (nSPS) is 14.4. The molecule has 0 unspecified atom stereocenters. The monoisotopic (exact) mass is 356 g/mol. The van der Waals surface area contributed by atoms with Gasteiger partial charge >= 0.3 is 6.36 Å². The first kappa shape index (κ1) is 17.0. The topological polar surface area (TPSA) is 56.5 Å². The van der Waals surface area contributed by atoms with Crippen LogP contribution >= 0.6 is 0 Å². The number of benzene rings is 1. The third kappa shape index (κ3) is 3.65. The van der Waals surface area contributed by atoms with E-state index in [1.54, 1.807) is 0 Å². The van der Waals surface area contributed by atoms with E-state index in [0.717, 1.165) is 18.2 Å². The molecule has 0 aliphatic carbocycles. The largest absolute Gasteiger partial charge is 0.618 e. The molecule has 1 aromatic heterocycles. The molecule has 2 heterocycles. The highest BCUT2D eigenvalue weighted by molar-refractivity contribution is 5.95. The summed E-state index contributed by atoms with van der Waals surface area (Å²) in [7, 11) is 0. The predicted molar refractivity (Wildman–Crippen MR) is 76.9 cm³/mol. The van der Waals surface area contributed by atoms with Crippen molar-refractivity contribution in [2.75, 3.05) is 6.54 Å². The maximum Gasteiger partial charge on any atom is 0.573 e. The fourth-order valence-corrected chi connectivity index (χ4v) is 2.70. The van der Waals surface area contributed by atoms with Crippen LogP contribution in [0.25, 0.3) is 0 Å². The molecule has 25 heavy (non-hydrogen) atoms. The molecular formula is C16H12F4N2O3. The molecule has 3 rings (SSSR count). The molecule has 0 atom stereocenters. The maximum atomic E-state index is 13.9. The van der Waals surface area contributed by atoms with Crippen LogP contribution in [0.15, 0.2) is 36.5 Å². The van der Waals surface area contributed by atoms with Gasteiger partial charge in [0.1, 0.15) is 17.1 Å². The summed E-state index contributed by atoms with van der Waals surface area (Å²) in [5, 5.41) is 11.7. The highest BCUT2D eigenvalue weighted by Crippen LogP contribution is 2.26. The predicted octanol–water partition coefficient (Wildman–Crippen LogP) is 2.56. The first-order valence-electron chi connectivity index (χ1n) is 7.29. The van der Waals surface area contributed by atoms with Gasteiger partial charge in [0.15, 0.2) is 6.20 Å². The van der Waals surface area contributed by atoms with Gasteiger partial charge < -0.3 is 14.8 Å². The summed E-state index contributed by atoms with van der Waals surface area (Å²) < 4.78 is 55.1. The quantitative estimate of drug-likeness (QED) is 0.483. The molecule has 0 saturated carbocycles. The number of hydrogen-bond donors (Lipinski definition) is 0. The van der Waals surface area contributed by atoms with Gasteiger partial charge in [0.05, 0.1) is 6.42 Å². The number of nitrogens with zero attached hydrogens (tertiary/aromatic N) is 2. The Kier molecular flexibility index (Phi) is 4.23. The number of rotatable bonds is 3. The lowest BCUT2D eigenvalue weighted by Crippen LogP contribution is -2.44. The number of halogens is 4. The van der Waals surface area contributed by atoms with Crippen molar-refractivity contribution in [3.05, 3.63) is 64.4 Å². The average molecular weight is 356 g/mol. The molecule has 0 fully saturated rings. The first-order chi connectivity index (χ1) is 11.7. The number of pyridine rings is 1. The van der Waals surface area contributed by atoms with E-state index in [2.05, 4.69) is 4.74 Å². The Labute approximate surface area is 139 Å². The van der Waals surface area contributed by atoms with E-state index in [1.807, 2.05) is 0 Å². The van der Waals surface area contributed by atoms with Gasteiger partial charge in [-0.1, -0.05) is 0 Å². The Morgan fingerprint density at radius 1 is 1.28 bits per heavy atom. The van der Waals surface area contributed by atoms with Gasteiger partial charge in [0.2, 0.25) is 5.69 Å². The number of hydrogen-bond acceptors (Lipinski definition) is 3. The summed E-state index contributed by atoms with van der Waals surface area (Å²) in [6, 6.07) is 5.53. The Balaban J connectivity index is 1.83. The molecular weight excluding hydrogens is 344 g/mol. The van der Waals surface area contributed by atoms with Crippen LogP contribution in [0.2, 0.25) is 0 Å². The van der Waals surface area contributed by atoms with E-state index in [-0.39, 0.29) is 30.6 Å². The van der Waals surface area contributed by atoms with Gasteiger partial charge in [-0.25, -0.2) is 4.39 Å². The van der Waals surface area contributed by atoms with E-state index >= 15 is 0 Å². The van der Waals surface area contributed by atoms with Crippen LogP contribution in [-0.4, -0.2) is 23.7 Å². The van der Waals surface area contributed by atoms with Gasteiger partial charge in [-0.2, -0.15) is 4.73 Å². The number of fused-ring (bicyclic) bond motifs is 1. The number of amides is 1. The number of ether oxygens (including phenoxy) is 1. The van der Waals surface area contributed by atoms with E-state index in [9.17, 15) is 27.6 Å². The molecule has 2 aromatic rings. The van der Waals surface area contributed by atoms with Crippen LogP contribution in [0.5, 0.6) is 5.75 Å². The standard InChI is InChI=1S/C16H12F4N2O3/c17-13-4-3-11(25-16(18,19)20)8-10(13)9-21-7-5-14-12(15(21)23)2-1-6-22(14)24/h1-4,6,8H,5,7,9H2. The maximum absolute atomic E-state index is 13.9. The molecule has 1 aliphatic rings. The highest BCUT2D eigenvalue weighted by atomic mass is 19.4. The van der Waals surface area contributed by atoms with Crippen molar-refractivity contribution in [2.45, 2.75) is 19.3 Å². The second-order valence-corrected chi connectivity index (χ2v) is 5.47. The van der Waals surface area contributed by atoms with Crippen molar-refractivity contribution >= 4 is 5.91 Å². The van der Waals surface area contributed by atoms with Crippen LogP contribution < -0.4 is 9.47 Å². The summed E-state index contributed by atoms with van der Waals surface area (Å²) in [5.74, 6) is -1.79. The van der Waals surface area contributed by atoms with Crippen LogP contribution in [0.4, 0.5) is 17.6 Å². The molecule has 0 spiro atoms. The fraction of sp³-hybridized carbons (Fsp3) is 0.250. The molecule has 1 aromatic carbocycles. The summed E-state index contributed by atoms with van der Waals surface area (Å²) in [4.78, 5) is 13.7. The van der Waals surface area contributed by atoms with Gasteiger partial charge in [-0.05, 0) is 24.3 Å². The van der Waals surface area contributed by atoms with Crippen molar-refractivity contribution in [1.29, 1.82) is 0 Å². The van der Waals surface area contributed by atoms with Crippen molar-refractivity contribution < 1.29 is 31.8 Å². The minimum Gasteiger partial charge on any atom is -0.618 e. The van der Waals surface area contributed by atoms with Crippen LogP contribution in [-0.2, 0) is 13.0 Å². The third-order valence-corrected chi connectivity index (χ3v) is 3.81. The number of carbonyl (C=O) groups is 1. The lowest BCUT2D eigenvalue weighted by atomic mass is 10.0. The van der Waals surface area contributed by atoms with Crippen molar-refractivity contribution in [1.82, 2.24) is 4.90 Å². The SMILES string of the molecule is O=C1c2ccc[n+]([O-])c2CCN1Cc1cc(OC(F)(F)F)ccc1F. The van der Waals surface area contributed by atoms with E-state index in [1.165, 1.54) is 23.2 Å². The van der Waals surface area contributed by atoms with Gasteiger partial charge in [0, 0.05) is 24.7 Å². The molecule has 0 bridgehead atoms. The summed E-state index contributed by atoms with van der Waals surface area (Å²) >= 11 is 0. The van der Waals surface area contributed by atoms with Crippen molar-refractivity contribution in [3.8, 4) is 5.75 Å². The zero-order valence-corrected chi connectivity index (χ0v) is 12.7. The van der Waals surface area contributed by atoms with Crippen LogP contribution in [0.3, 0.4) is 0 Å². The lowest BCUT2D eigenvalue weighted by Gasteiger charge is -2.27. The molecule has 132 valence electrons. The minimum atomic E-state index is -4.89. The fourth-order valence-electron chi connectivity index (χ4n) is 2.70. The smallest absolute Gasteiger partial charge is 0.573 e. The highest BCUT2D eigenvalue weighted by Gasteiger charge is 2.32. The summed E-state index contributed by atoms with van der Waals surface area (Å²) in [5.41, 5.74) is 0.412. The third-order valence-electron chi connectivity index (χ3n) is 3.81. The zero-order chi connectivity index (χ0) is 18.2. The van der Waals surface area contributed by atoms with E-state index < -0.39 is 23.8 Å². The zero-order valence-electron chi connectivity index (χ0n) is 12.7. The number of aromatic nitrogens is 1. The Hall–Kier alpha value is -2.84. The minimum absolute atomic E-state index is 0.107. The lowest BCUT2D eigenvalue weighted by molar-refractivity contribution is -0.614. The summed E-state index contributed by atoms with van der Waals surface area (Å²) in [6.45, 7) is -0.0746. The molecule has 1 amide bonds. The Bertz CT molecular complexity index is 824. The van der Waals surface area contributed by atoms with Gasteiger partial charge in [-0.3, -0.25) is 4.79 Å². The second kappa shape index (κ2) is 6.23. The molecule has 1 aliphatic heterocycles. The van der Waals surface area contributed by atoms with E-state index in [4.69, 9.17) is 0 Å². The average Bonchev–Trinajstić information content (AvgIpc) is 2.52. The number of carbonyl (C=O) groups excluding carboxylic acids is 1. The van der Waals surface area contributed by atoms with Crippen molar-refractivity contribution in [3.63, 3.8) is 0 Å². The molecule has 5 nitrogen and oxygen atoms in total. The van der Waals surface area contributed by atoms with Crippen LogP contribution in [0.1, 0.15) is 21.6 Å². The van der Waals surface area contributed by atoms with Gasteiger partial charge in [0.25, 0.3) is 5.91 Å². The Morgan fingerprint density at radius 3 is 2.76 bits per heavy atom. The molecule has 9 heteroatoms. The van der Waals surface area contributed by atoms with Crippen molar-refractivity contribution in [2.24, 2.45) is 0 Å². The van der Waals surface area contributed by atoms with Gasteiger partial charge in [-0.15, -0.1) is 13.2 Å². The molecule has 0 saturated heterocycles. The Morgan fingerprint density at radius 2 is 2.04 bits per heavy atom. The molecule has 0 N–H and O–H groups in total. The number of alkyl halides is 3. The second-order valence-electron chi connectivity index (χ2n) is 5.47.